The Labute approximate surface area is 165 Å². The van der Waals surface area contributed by atoms with Crippen LogP contribution in [0.4, 0.5) is 22.1 Å². The molecule has 0 spiro atoms. The van der Waals surface area contributed by atoms with Gasteiger partial charge >= 0.3 is 6.03 Å². The van der Waals surface area contributed by atoms with Crippen LogP contribution in [0.5, 0.6) is 0 Å². The number of hydrogen-bond acceptors (Lipinski definition) is 6. The minimum absolute atomic E-state index is 0.219. The van der Waals surface area contributed by atoms with E-state index in [2.05, 4.69) is 30.8 Å². The Morgan fingerprint density at radius 1 is 1.14 bits per heavy atom. The second-order valence-electron chi connectivity index (χ2n) is 6.81. The van der Waals surface area contributed by atoms with Gasteiger partial charge in [0.15, 0.2) is 0 Å². The first-order chi connectivity index (χ1) is 13.5. The molecule has 1 aliphatic rings. The van der Waals surface area contributed by atoms with Gasteiger partial charge in [0, 0.05) is 37.9 Å². The van der Waals surface area contributed by atoms with Crippen LogP contribution in [0.3, 0.4) is 0 Å². The maximum atomic E-state index is 12.1. The van der Waals surface area contributed by atoms with E-state index < -0.39 is 0 Å². The number of carbonyl (C=O) groups excluding carboxylic acids is 1. The van der Waals surface area contributed by atoms with E-state index in [1.165, 1.54) is 0 Å². The van der Waals surface area contributed by atoms with Crippen molar-refractivity contribution in [1.82, 2.24) is 15.3 Å². The first-order valence-corrected chi connectivity index (χ1v) is 9.56. The smallest absolute Gasteiger partial charge is 0.319 e. The Morgan fingerprint density at radius 2 is 1.93 bits per heavy atom. The van der Waals surface area contributed by atoms with Gasteiger partial charge in [-0.15, -0.1) is 0 Å². The molecule has 0 atom stereocenters. The third-order valence-corrected chi connectivity index (χ3v) is 4.73. The largest absolute Gasteiger partial charge is 0.378 e. The first-order valence-electron chi connectivity index (χ1n) is 9.56. The van der Waals surface area contributed by atoms with Crippen molar-refractivity contribution in [3.8, 4) is 0 Å². The Morgan fingerprint density at radius 3 is 2.71 bits per heavy atom. The summed E-state index contributed by atoms with van der Waals surface area (Å²) < 4.78 is 5.39. The van der Waals surface area contributed by atoms with Gasteiger partial charge in [-0.05, 0) is 38.0 Å². The zero-order chi connectivity index (χ0) is 19.9. The van der Waals surface area contributed by atoms with Crippen molar-refractivity contribution >= 4 is 23.4 Å². The van der Waals surface area contributed by atoms with Gasteiger partial charge in [0.05, 0.1) is 13.2 Å². The predicted molar refractivity (Wildman–Crippen MR) is 111 cm³/mol. The molecule has 8 heteroatoms. The van der Waals surface area contributed by atoms with E-state index in [0.717, 1.165) is 41.5 Å². The number of nitrogens with zero attached hydrogens (tertiary/aromatic N) is 3. The highest BCUT2D eigenvalue weighted by Crippen LogP contribution is 2.18. The average molecular weight is 384 g/mol. The number of aryl methyl sites for hydroxylation is 2. The molecule has 1 aromatic heterocycles. The van der Waals surface area contributed by atoms with Crippen LogP contribution in [-0.2, 0) is 4.74 Å². The van der Waals surface area contributed by atoms with Crippen molar-refractivity contribution in [2.45, 2.75) is 20.8 Å². The van der Waals surface area contributed by atoms with Gasteiger partial charge in [-0.1, -0.05) is 12.1 Å². The minimum atomic E-state index is -0.219. The molecule has 0 radical (unpaired) electrons. The quantitative estimate of drug-likeness (QED) is 0.663. The average Bonchev–Trinajstić information content (AvgIpc) is 2.69. The summed E-state index contributed by atoms with van der Waals surface area (Å²) in [5.74, 6) is 2.37. The van der Waals surface area contributed by atoms with E-state index in [4.69, 9.17) is 4.74 Å². The summed E-state index contributed by atoms with van der Waals surface area (Å²) in [4.78, 5) is 23.2. The van der Waals surface area contributed by atoms with Gasteiger partial charge in [-0.3, -0.25) is 0 Å². The maximum Gasteiger partial charge on any atom is 0.319 e. The molecule has 1 aromatic carbocycles. The van der Waals surface area contributed by atoms with Gasteiger partial charge in [0.2, 0.25) is 0 Å². The number of urea groups is 1. The zero-order valence-corrected chi connectivity index (χ0v) is 16.7. The second kappa shape index (κ2) is 9.36. The number of anilines is 3. The normalized spacial score (nSPS) is 13.9. The number of aromatic nitrogens is 2. The molecule has 1 saturated heterocycles. The summed E-state index contributed by atoms with van der Waals surface area (Å²) in [6, 6.07) is 7.58. The van der Waals surface area contributed by atoms with Crippen LogP contribution in [0.25, 0.3) is 0 Å². The third-order valence-electron chi connectivity index (χ3n) is 4.73. The highest BCUT2D eigenvalue weighted by Gasteiger charge is 2.14. The number of benzene rings is 1. The van der Waals surface area contributed by atoms with E-state index in [9.17, 15) is 4.79 Å². The standard InChI is InChI=1S/C20H28N6O2/c1-14-5-4-6-17(15(14)2)25-20(27)22-8-7-21-18-13-19(24-16(3)23-18)26-9-11-28-12-10-26/h4-6,13H,7-12H2,1-3H3,(H,21,23,24)(H2,22,25,27). The molecular formula is C20H28N6O2. The van der Waals surface area contributed by atoms with Crippen molar-refractivity contribution in [3.63, 3.8) is 0 Å². The summed E-state index contributed by atoms with van der Waals surface area (Å²) >= 11 is 0. The molecule has 0 saturated carbocycles. The highest BCUT2D eigenvalue weighted by atomic mass is 16.5. The van der Waals surface area contributed by atoms with Crippen molar-refractivity contribution in [2.75, 3.05) is 54.9 Å². The molecule has 150 valence electrons. The lowest BCUT2D eigenvalue weighted by atomic mass is 10.1. The lowest BCUT2D eigenvalue weighted by Crippen LogP contribution is -2.37. The molecule has 0 aliphatic carbocycles. The number of amides is 2. The van der Waals surface area contributed by atoms with Crippen LogP contribution >= 0.6 is 0 Å². The second-order valence-corrected chi connectivity index (χ2v) is 6.81. The third kappa shape index (κ3) is 5.32. The van der Waals surface area contributed by atoms with E-state index in [1.807, 2.05) is 45.0 Å². The monoisotopic (exact) mass is 384 g/mol. The van der Waals surface area contributed by atoms with Crippen LogP contribution in [-0.4, -0.2) is 55.4 Å². The van der Waals surface area contributed by atoms with Crippen LogP contribution in [0, 0.1) is 20.8 Å². The lowest BCUT2D eigenvalue weighted by Gasteiger charge is -2.28. The fourth-order valence-corrected chi connectivity index (χ4v) is 3.02. The number of nitrogens with one attached hydrogen (secondary N) is 3. The van der Waals surface area contributed by atoms with Crippen LogP contribution in [0.15, 0.2) is 24.3 Å². The summed E-state index contributed by atoms with van der Waals surface area (Å²) in [6.07, 6.45) is 0. The molecule has 2 amide bonds. The van der Waals surface area contributed by atoms with Gasteiger partial charge < -0.3 is 25.6 Å². The maximum absolute atomic E-state index is 12.1. The summed E-state index contributed by atoms with van der Waals surface area (Å²) in [7, 11) is 0. The molecule has 28 heavy (non-hydrogen) atoms. The fourth-order valence-electron chi connectivity index (χ4n) is 3.02. The molecule has 3 rings (SSSR count). The van der Waals surface area contributed by atoms with Crippen LogP contribution in [0.2, 0.25) is 0 Å². The fraction of sp³-hybridized carbons (Fsp3) is 0.450. The molecule has 0 bridgehead atoms. The van der Waals surface area contributed by atoms with Crippen molar-refractivity contribution in [1.29, 1.82) is 0 Å². The summed E-state index contributed by atoms with van der Waals surface area (Å²) in [6.45, 7) is 10.0. The molecule has 2 aromatic rings. The van der Waals surface area contributed by atoms with E-state index >= 15 is 0 Å². The van der Waals surface area contributed by atoms with Crippen molar-refractivity contribution < 1.29 is 9.53 Å². The van der Waals surface area contributed by atoms with Gasteiger partial charge in [0.1, 0.15) is 17.5 Å². The summed E-state index contributed by atoms with van der Waals surface area (Å²) in [5, 5.41) is 9.00. The minimum Gasteiger partial charge on any atom is -0.378 e. The zero-order valence-electron chi connectivity index (χ0n) is 16.7. The Balaban J connectivity index is 1.47. The predicted octanol–water partition coefficient (Wildman–Crippen LogP) is 2.47. The number of morpholine rings is 1. The molecule has 3 N–H and O–H groups in total. The molecule has 0 unspecified atom stereocenters. The molecule has 1 aliphatic heterocycles. The van der Waals surface area contributed by atoms with E-state index in [-0.39, 0.29) is 6.03 Å². The highest BCUT2D eigenvalue weighted by molar-refractivity contribution is 5.90. The SMILES string of the molecule is Cc1nc(NCCNC(=O)Nc2cccc(C)c2C)cc(N2CCOCC2)n1. The van der Waals surface area contributed by atoms with Gasteiger partial charge in [-0.2, -0.15) is 0 Å². The van der Waals surface area contributed by atoms with E-state index in [1.54, 1.807) is 0 Å². The molecule has 8 nitrogen and oxygen atoms in total. The number of hydrogen-bond donors (Lipinski definition) is 3. The van der Waals surface area contributed by atoms with E-state index in [0.29, 0.717) is 32.1 Å². The number of carbonyl (C=O) groups is 1. The Bertz CT molecular complexity index is 820. The topological polar surface area (TPSA) is 91.4 Å². The van der Waals surface area contributed by atoms with Crippen molar-refractivity contribution in [3.05, 3.63) is 41.2 Å². The number of rotatable bonds is 6. The number of ether oxygens (including phenoxy) is 1. The molecule has 2 heterocycles. The molecule has 1 fully saturated rings. The lowest BCUT2D eigenvalue weighted by molar-refractivity contribution is 0.122. The van der Waals surface area contributed by atoms with Crippen molar-refractivity contribution in [2.24, 2.45) is 0 Å². The Hall–Kier alpha value is -2.87. The molecular weight excluding hydrogens is 356 g/mol. The van der Waals surface area contributed by atoms with Crippen LogP contribution in [0.1, 0.15) is 17.0 Å². The summed E-state index contributed by atoms with van der Waals surface area (Å²) in [5.41, 5.74) is 3.05. The first kappa shape index (κ1) is 19.9. The van der Waals surface area contributed by atoms with Gasteiger partial charge in [0.25, 0.3) is 0 Å². The van der Waals surface area contributed by atoms with Crippen LogP contribution < -0.4 is 20.9 Å². The Kier molecular flexibility index (Phi) is 6.65. The van der Waals surface area contributed by atoms with Gasteiger partial charge in [-0.25, -0.2) is 14.8 Å².